The number of hydrogen-bond donors (Lipinski definition) is 3. The van der Waals surface area contributed by atoms with Crippen molar-refractivity contribution in [2.45, 2.75) is 20.5 Å². The topological polar surface area (TPSA) is 91.3 Å². The lowest BCUT2D eigenvalue weighted by Gasteiger charge is -2.26. The van der Waals surface area contributed by atoms with E-state index in [1.54, 1.807) is 0 Å². The fourth-order valence-corrected chi connectivity index (χ4v) is 2.79. The predicted molar refractivity (Wildman–Crippen MR) is 108 cm³/mol. The van der Waals surface area contributed by atoms with E-state index in [4.69, 9.17) is 28.6 Å². The molecular weight excluding hydrogens is 446 g/mol. The maximum atomic E-state index is 13.6. The Bertz CT molecular complexity index is 964. The minimum atomic E-state index is -2.99. The van der Waals surface area contributed by atoms with E-state index in [0.717, 1.165) is 12.1 Å². The molecule has 160 valence electrons. The molecule has 0 heterocycles. The lowest BCUT2D eigenvalue weighted by Crippen LogP contribution is -2.48. The van der Waals surface area contributed by atoms with E-state index in [2.05, 4.69) is 15.4 Å². The standard InChI is InChI=1S/C19H16Cl2F3N3O3/c1-9(25)19(2,17(29)27-11-7-13(20)15(22)14(21)8-11)16(28)26-10-3-5-12(6-4-10)30-18(23)24/h3-8,18,25H,1-2H3,(H,26,28)(H,27,29). The number of nitrogens with one attached hydrogen (secondary N) is 3. The van der Waals surface area contributed by atoms with Gasteiger partial charge >= 0.3 is 6.61 Å². The van der Waals surface area contributed by atoms with E-state index >= 15 is 0 Å². The Balaban J connectivity index is 2.22. The van der Waals surface area contributed by atoms with Gasteiger partial charge in [-0.1, -0.05) is 23.2 Å². The van der Waals surface area contributed by atoms with E-state index in [9.17, 15) is 22.8 Å². The number of ether oxygens (including phenoxy) is 1. The van der Waals surface area contributed by atoms with Gasteiger partial charge in [-0.05, 0) is 50.2 Å². The number of carbonyl (C=O) groups is 2. The molecule has 0 aliphatic rings. The van der Waals surface area contributed by atoms with Crippen LogP contribution in [-0.2, 0) is 9.59 Å². The van der Waals surface area contributed by atoms with Crippen molar-refractivity contribution >= 4 is 52.1 Å². The molecule has 2 rings (SSSR count). The Labute approximate surface area is 179 Å². The van der Waals surface area contributed by atoms with Crippen molar-refractivity contribution in [2.24, 2.45) is 5.41 Å². The van der Waals surface area contributed by atoms with E-state index in [1.807, 2.05) is 0 Å². The lowest BCUT2D eigenvalue weighted by molar-refractivity contribution is -0.131. The van der Waals surface area contributed by atoms with Crippen LogP contribution in [0.5, 0.6) is 5.75 Å². The molecule has 2 aromatic carbocycles. The van der Waals surface area contributed by atoms with Crippen LogP contribution in [0, 0.1) is 16.6 Å². The van der Waals surface area contributed by atoms with Crippen LogP contribution in [0.3, 0.4) is 0 Å². The van der Waals surface area contributed by atoms with Gasteiger partial charge in [0.1, 0.15) is 5.75 Å². The highest BCUT2D eigenvalue weighted by Gasteiger charge is 2.43. The number of halogens is 5. The maximum absolute atomic E-state index is 13.6. The first-order valence-electron chi connectivity index (χ1n) is 8.33. The van der Waals surface area contributed by atoms with Crippen molar-refractivity contribution in [1.29, 1.82) is 5.41 Å². The maximum Gasteiger partial charge on any atom is 0.387 e. The first kappa shape index (κ1) is 23.5. The quantitative estimate of drug-likeness (QED) is 0.294. The number of alkyl halides is 2. The molecule has 0 aliphatic heterocycles. The number of hydrogen-bond acceptors (Lipinski definition) is 4. The van der Waals surface area contributed by atoms with Gasteiger partial charge in [-0.25, -0.2) is 4.39 Å². The summed E-state index contributed by atoms with van der Waals surface area (Å²) in [4.78, 5) is 25.6. The van der Waals surface area contributed by atoms with Gasteiger partial charge in [0.25, 0.3) is 0 Å². The molecule has 0 aromatic heterocycles. The molecule has 0 aliphatic carbocycles. The van der Waals surface area contributed by atoms with E-state index in [-0.39, 0.29) is 32.9 Å². The molecule has 0 saturated carbocycles. The number of rotatable bonds is 7. The smallest absolute Gasteiger partial charge is 0.387 e. The third-order valence-corrected chi connectivity index (χ3v) is 4.79. The molecule has 2 aromatic rings. The summed E-state index contributed by atoms with van der Waals surface area (Å²) in [6, 6.07) is 7.23. The van der Waals surface area contributed by atoms with Crippen molar-refractivity contribution in [1.82, 2.24) is 0 Å². The van der Waals surface area contributed by atoms with Crippen LogP contribution in [0.4, 0.5) is 24.5 Å². The van der Waals surface area contributed by atoms with Crippen molar-refractivity contribution in [3.63, 3.8) is 0 Å². The van der Waals surface area contributed by atoms with E-state index in [1.165, 1.54) is 38.1 Å². The molecule has 0 fully saturated rings. The third-order valence-electron chi connectivity index (χ3n) is 4.24. The molecule has 0 saturated heterocycles. The summed E-state index contributed by atoms with van der Waals surface area (Å²) in [6.07, 6.45) is 0. The van der Waals surface area contributed by atoms with Crippen LogP contribution in [0.25, 0.3) is 0 Å². The summed E-state index contributed by atoms with van der Waals surface area (Å²) in [7, 11) is 0. The van der Waals surface area contributed by atoms with Crippen molar-refractivity contribution < 1.29 is 27.5 Å². The second-order valence-electron chi connectivity index (χ2n) is 6.32. The molecular formula is C19H16Cl2F3N3O3. The Morgan fingerprint density at radius 3 is 1.93 bits per heavy atom. The normalized spacial score (nSPS) is 12.8. The van der Waals surface area contributed by atoms with Crippen LogP contribution in [0.15, 0.2) is 36.4 Å². The van der Waals surface area contributed by atoms with E-state index in [0.29, 0.717) is 0 Å². The Kier molecular flexibility index (Phi) is 7.33. The van der Waals surface area contributed by atoms with Gasteiger partial charge in [-0.15, -0.1) is 0 Å². The van der Waals surface area contributed by atoms with Crippen molar-refractivity contribution in [2.75, 3.05) is 10.6 Å². The summed E-state index contributed by atoms with van der Waals surface area (Å²) < 4.78 is 42.2. The highest BCUT2D eigenvalue weighted by atomic mass is 35.5. The summed E-state index contributed by atoms with van der Waals surface area (Å²) in [6.45, 7) is -0.504. The summed E-state index contributed by atoms with van der Waals surface area (Å²) in [5.41, 5.74) is -2.01. The number of benzene rings is 2. The van der Waals surface area contributed by atoms with Crippen LogP contribution in [0.2, 0.25) is 10.0 Å². The zero-order chi connectivity index (χ0) is 22.6. The third kappa shape index (κ3) is 5.22. The average molecular weight is 462 g/mol. The second kappa shape index (κ2) is 9.36. The number of carbonyl (C=O) groups excluding carboxylic acids is 2. The van der Waals surface area contributed by atoms with Gasteiger partial charge in [0.15, 0.2) is 11.2 Å². The van der Waals surface area contributed by atoms with Gasteiger partial charge < -0.3 is 20.8 Å². The Morgan fingerprint density at radius 1 is 1.03 bits per heavy atom. The van der Waals surface area contributed by atoms with Crippen LogP contribution < -0.4 is 15.4 Å². The molecule has 30 heavy (non-hydrogen) atoms. The van der Waals surface area contributed by atoms with E-state index < -0.39 is 29.7 Å². The summed E-state index contributed by atoms with van der Waals surface area (Å²) in [5, 5.41) is 12.1. The first-order chi connectivity index (χ1) is 13.9. The van der Waals surface area contributed by atoms with Crippen LogP contribution in [0.1, 0.15) is 13.8 Å². The molecule has 1 atom stereocenters. The van der Waals surface area contributed by atoms with Crippen molar-refractivity contribution in [3.05, 3.63) is 52.3 Å². The van der Waals surface area contributed by atoms with Crippen molar-refractivity contribution in [3.8, 4) is 5.75 Å². The summed E-state index contributed by atoms with van der Waals surface area (Å²) >= 11 is 11.4. The van der Waals surface area contributed by atoms with Crippen LogP contribution in [-0.4, -0.2) is 24.1 Å². The molecule has 1 unspecified atom stereocenters. The minimum absolute atomic E-state index is 0.0326. The molecule has 0 spiro atoms. The Hall–Kier alpha value is -2.78. The molecule has 11 heteroatoms. The minimum Gasteiger partial charge on any atom is -0.435 e. The first-order valence-corrected chi connectivity index (χ1v) is 9.08. The SMILES string of the molecule is CC(=N)C(C)(C(=O)Nc1ccc(OC(F)F)cc1)C(=O)Nc1cc(Cl)c(F)c(Cl)c1. The number of anilines is 2. The fraction of sp³-hybridized carbons (Fsp3) is 0.211. The number of amides is 2. The zero-order valence-electron chi connectivity index (χ0n) is 15.7. The van der Waals surface area contributed by atoms with Gasteiger partial charge in [0, 0.05) is 17.1 Å². The highest BCUT2D eigenvalue weighted by Crippen LogP contribution is 2.30. The highest BCUT2D eigenvalue weighted by molar-refractivity contribution is 6.35. The molecule has 2 amide bonds. The van der Waals surface area contributed by atoms with Crippen LogP contribution >= 0.6 is 23.2 Å². The summed E-state index contributed by atoms with van der Waals surface area (Å²) in [5.74, 6) is -2.71. The monoisotopic (exact) mass is 461 g/mol. The van der Waals surface area contributed by atoms with Gasteiger partial charge in [0.05, 0.1) is 10.0 Å². The van der Waals surface area contributed by atoms with Gasteiger partial charge in [0.2, 0.25) is 11.8 Å². The molecule has 0 bridgehead atoms. The van der Waals surface area contributed by atoms with Gasteiger partial charge in [-0.3, -0.25) is 9.59 Å². The molecule has 6 nitrogen and oxygen atoms in total. The largest absolute Gasteiger partial charge is 0.435 e. The average Bonchev–Trinajstić information content (AvgIpc) is 2.66. The zero-order valence-corrected chi connectivity index (χ0v) is 17.2. The van der Waals surface area contributed by atoms with Gasteiger partial charge in [-0.2, -0.15) is 8.78 Å². The second-order valence-corrected chi connectivity index (χ2v) is 7.13. The molecule has 3 N–H and O–H groups in total. The fourth-order valence-electron chi connectivity index (χ4n) is 2.30. The Morgan fingerprint density at radius 2 is 1.50 bits per heavy atom. The lowest BCUT2D eigenvalue weighted by atomic mass is 9.83. The predicted octanol–water partition coefficient (Wildman–Crippen LogP) is 5.36. The molecule has 0 radical (unpaired) electrons.